The summed E-state index contributed by atoms with van der Waals surface area (Å²) in [5, 5.41) is 0.223. The van der Waals surface area contributed by atoms with Crippen molar-refractivity contribution in [1.82, 2.24) is 0 Å². The second-order valence-electron chi connectivity index (χ2n) is 9.42. The van der Waals surface area contributed by atoms with Gasteiger partial charge in [-0.05, 0) is 46.7 Å². The Hall–Kier alpha value is -4.04. The molecule has 0 saturated carbocycles. The molecule has 5 aromatic carbocycles. The van der Waals surface area contributed by atoms with Gasteiger partial charge in [-0.15, -0.1) is 0 Å². The number of fused-ring (bicyclic) bond motifs is 1. The summed E-state index contributed by atoms with van der Waals surface area (Å²) in [5.74, 6) is -8.57. The largest absolute Gasteiger partial charge is 0.429 e. The van der Waals surface area contributed by atoms with Gasteiger partial charge in [0.25, 0.3) is 0 Å². The first-order chi connectivity index (χ1) is 19.5. The van der Waals surface area contributed by atoms with E-state index in [-0.39, 0.29) is 33.7 Å². The molecule has 1 nitrogen and oxygen atoms in total. The molecule has 0 spiro atoms. The van der Waals surface area contributed by atoms with Gasteiger partial charge in [-0.3, -0.25) is 0 Å². The SMILES string of the molecule is CCCc1ccc(-c2ccc3cc(-c4ccc(C(F)(F)Oc5cc(F)c(F)c(F)c5)cc4)c(F)c(F)c3c2Cl)cc1. The van der Waals surface area contributed by atoms with Crippen molar-refractivity contribution in [2.45, 2.75) is 25.9 Å². The summed E-state index contributed by atoms with van der Waals surface area (Å²) in [7, 11) is 0. The minimum Gasteiger partial charge on any atom is -0.429 e. The molecule has 0 fully saturated rings. The number of alkyl halides is 2. The number of benzene rings is 5. The zero-order valence-electron chi connectivity index (χ0n) is 21.4. The molecule has 5 rings (SSSR count). The fourth-order valence-electron chi connectivity index (χ4n) is 4.60. The van der Waals surface area contributed by atoms with Crippen molar-refractivity contribution >= 4 is 22.4 Å². The summed E-state index contributed by atoms with van der Waals surface area (Å²) in [6.07, 6.45) is -2.18. The van der Waals surface area contributed by atoms with E-state index in [1.54, 1.807) is 12.1 Å². The van der Waals surface area contributed by atoms with E-state index in [1.165, 1.54) is 6.07 Å². The molecule has 9 heteroatoms. The number of hydrogen-bond acceptors (Lipinski definition) is 1. The zero-order valence-corrected chi connectivity index (χ0v) is 22.1. The third kappa shape index (κ3) is 5.48. The van der Waals surface area contributed by atoms with Crippen molar-refractivity contribution in [3.05, 3.63) is 124 Å². The van der Waals surface area contributed by atoms with E-state index in [0.717, 1.165) is 48.2 Å². The normalized spacial score (nSPS) is 11.7. The number of hydrogen-bond donors (Lipinski definition) is 0. The Balaban J connectivity index is 1.47. The standard InChI is InChI=1S/C32H20ClF7O/c1-2-3-17-4-6-18(7-5-17)23-13-10-20-14-24(29(36)31(38)27(20)28(23)33)19-8-11-21(12-9-19)32(39,40)41-22-15-25(34)30(37)26(35)16-22/h4-16H,2-3H2,1H3. The molecule has 0 aliphatic rings. The second kappa shape index (κ2) is 11.1. The van der Waals surface area contributed by atoms with Crippen LogP contribution in [0.3, 0.4) is 0 Å². The van der Waals surface area contributed by atoms with Gasteiger partial charge in [-0.1, -0.05) is 73.5 Å². The van der Waals surface area contributed by atoms with Gasteiger partial charge in [0.2, 0.25) is 0 Å². The lowest BCUT2D eigenvalue weighted by atomic mass is 9.95. The summed E-state index contributed by atoms with van der Waals surface area (Å²) in [4.78, 5) is 0. The van der Waals surface area contributed by atoms with Gasteiger partial charge in [0, 0.05) is 28.6 Å². The quantitative estimate of drug-likeness (QED) is 0.136. The smallest absolute Gasteiger partial charge is 0.426 e. The van der Waals surface area contributed by atoms with Crippen LogP contribution in [0.4, 0.5) is 30.7 Å². The van der Waals surface area contributed by atoms with Crippen molar-refractivity contribution in [2.75, 3.05) is 0 Å². The Morgan fingerprint density at radius 1 is 0.683 bits per heavy atom. The molecule has 0 amide bonds. The third-order valence-corrected chi connectivity index (χ3v) is 7.05. The van der Waals surface area contributed by atoms with E-state index < -0.39 is 46.5 Å². The zero-order chi connectivity index (χ0) is 29.5. The minimum absolute atomic E-state index is 0.0366. The van der Waals surface area contributed by atoms with Crippen molar-refractivity contribution in [1.29, 1.82) is 0 Å². The molecule has 0 atom stereocenters. The van der Waals surface area contributed by atoms with Crippen LogP contribution in [0.15, 0.2) is 78.9 Å². The van der Waals surface area contributed by atoms with Gasteiger partial charge in [0.1, 0.15) is 5.75 Å². The van der Waals surface area contributed by atoms with Gasteiger partial charge in [0.15, 0.2) is 29.1 Å². The predicted octanol–water partition coefficient (Wildman–Crippen LogP) is 10.6. The summed E-state index contributed by atoms with van der Waals surface area (Å²) in [6.45, 7) is 2.07. The van der Waals surface area contributed by atoms with Crippen LogP contribution in [0.25, 0.3) is 33.0 Å². The average molecular weight is 589 g/mol. The molecule has 0 radical (unpaired) electrons. The van der Waals surface area contributed by atoms with Crippen LogP contribution in [-0.4, -0.2) is 0 Å². The van der Waals surface area contributed by atoms with E-state index in [0.29, 0.717) is 10.9 Å². The first kappa shape index (κ1) is 28.5. The molecule has 0 saturated heterocycles. The average Bonchev–Trinajstić information content (AvgIpc) is 2.94. The Morgan fingerprint density at radius 2 is 1.27 bits per heavy atom. The maximum Gasteiger partial charge on any atom is 0.426 e. The second-order valence-corrected chi connectivity index (χ2v) is 9.80. The van der Waals surface area contributed by atoms with Crippen molar-refractivity contribution in [2.24, 2.45) is 0 Å². The molecule has 0 heterocycles. The summed E-state index contributed by atoms with van der Waals surface area (Å²) in [5.41, 5.74) is 1.55. The molecule has 0 aliphatic heterocycles. The molecule has 0 aliphatic carbocycles. The van der Waals surface area contributed by atoms with Crippen molar-refractivity contribution < 1.29 is 35.5 Å². The first-order valence-corrected chi connectivity index (χ1v) is 12.9. The Labute approximate surface area is 235 Å². The van der Waals surface area contributed by atoms with E-state index in [9.17, 15) is 22.0 Å². The first-order valence-electron chi connectivity index (χ1n) is 12.5. The number of halogens is 8. The highest BCUT2D eigenvalue weighted by molar-refractivity contribution is 6.38. The van der Waals surface area contributed by atoms with Crippen LogP contribution in [0.5, 0.6) is 5.75 Å². The number of rotatable bonds is 7. The molecular weight excluding hydrogens is 569 g/mol. The molecule has 41 heavy (non-hydrogen) atoms. The molecule has 0 aromatic heterocycles. The van der Waals surface area contributed by atoms with Gasteiger partial charge in [-0.25, -0.2) is 22.0 Å². The van der Waals surface area contributed by atoms with E-state index >= 15 is 8.78 Å². The minimum atomic E-state index is -4.08. The Morgan fingerprint density at radius 3 is 1.88 bits per heavy atom. The summed E-state index contributed by atoms with van der Waals surface area (Å²) in [6, 6.07) is 16.9. The Bertz CT molecular complexity index is 1730. The fourth-order valence-corrected chi connectivity index (χ4v) is 4.96. The molecule has 0 unspecified atom stereocenters. The molecule has 210 valence electrons. The fraction of sp³-hybridized carbons (Fsp3) is 0.125. The van der Waals surface area contributed by atoms with E-state index in [2.05, 4.69) is 11.7 Å². The third-order valence-electron chi connectivity index (χ3n) is 6.66. The lowest BCUT2D eigenvalue weighted by molar-refractivity contribution is -0.185. The van der Waals surface area contributed by atoms with Crippen molar-refractivity contribution in [3.8, 4) is 28.0 Å². The van der Waals surface area contributed by atoms with Gasteiger partial charge in [0.05, 0.1) is 10.6 Å². The summed E-state index contributed by atoms with van der Waals surface area (Å²) < 4.78 is 104. The number of ether oxygens (including phenoxy) is 1. The highest BCUT2D eigenvalue weighted by Crippen LogP contribution is 2.40. The maximum absolute atomic E-state index is 15.4. The summed E-state index contributed by atoms with van der Waals surface area (Å²) >= 11 is 6.55. The lowest BCUT2D eigenvalue weighted by Gasteiger charge is -2.19. The van der Waals surface area contributed by atoms with Crippen LogP contribution in [0.1, 0.15) is 24.5 Å². The highest BCUT2D eigenvalue weighted by Gasteiger charge is 2.35. The molecule has 0 bridgehead atoms. The van der Waals surface area contributed by atoms with Crippen LogP contribution in [0, 0.1) is 29.1 Å². The van der Waals surface area contributed by atoms with Crippen molar-refractivity contribution in [3.63, 3.8) is 0 Å². The predicted molar refractivity (Wildman–Crippen MR) is 145 cm³/mol. The van der Waals surface area contributed by atoms with Gasteiger partial charge < -0.3 is 4.74 Å². The van der Waals surface area contributed by atoms with Crippen LogP contribution < -0.4 is 4.74 Å². The van der Waals surface area contributed by atoms with Gasteiger partial charge >= 0.3 is 6.11 Å². The number of aryl methyl sites for hydroxylation is 1. The van der Waals surface area contributed by atoms with Crippen LogP contribution >= 0.6 is 11.6 Å². The van der Waals surface area contributed by atoms with Crippen LogP contribution in [0.2, 0.25) is 5.02 Å². The molecular formula is C32H20ClF7O. The molecule has 0 N–H and O–H groups in total. The Kier molecular flexibility index (Phi) is 7.70. The monoisotopic (exact) mass is 588 g/mol. The van der Waals surface area contributed by atoms with E-state index in [1.807, 2.05) is 24.3 Å². The topological polar surface area (TPSA) is 9.23 Å². The molecule has 5 aromatic rings. The lowest BCUT2D eigenvalue weighted by Crippen LogP contribution is -2.22. The maximum atomic E-state index is 15.4. The van der Waals surface area contributed by atoms with Crippen LogP contribution in [-0.2, 0) is 12.5 Å². The highest BCUT2D eigenvalue weighted by atomic mass is 35.5. The van der Waals surface area contributed by atoms with Gasteiger partial charge in [-0.2, -0.15) is 8.78 Å². The van der Waals surface area contributed by atoms with E-state index in [4.69, 9.17) is 11.6 Å².